The zero-order valence-electron chi connectivity index (χ0n) is 15.3. The van der Waals surface area contributed by atoms with E-state index in [4.69, 9.17) is 16.3 Å². The van der Waals surface area contributed by atoms with Gasteiger partial charge >= 0.3 is 0 Å². The van der Waals surface area contributed by atoms with Crippen LogP contribution in [0.4, 0.5) is 0 Å². The predicted octanol–water partition coefficient (Wildman–Crippen LogP) is 2.93. The number of halogens is 1. The van der Waals surface area contributed by atoms with Gasteiger partial charge in [0.05, 0.1) is 4.90 Å². The van der Waals surface area contributed by atoms with Crippen LogP contribution in [0.5, 0.6) is 0 Å². The maximum absolute atomic E-state index is 12.6. The molecule has 0 aliphatic heterocycles. The molecule has 0 aromatic heterocycles. The molecule has 0 heterocycles. The first-order valence-electron chi connectivity index (χ1n) is 8.42. The maximum Gasteiger partial charge on any atom is 0.251 e. The van der Waals surface area contributed by atoms with E-state index in [9.17, 15) is 13.2 Å². The van der Waals surface area contributed by atoms with Crippen molar-refractivity contribution in [2.45, 2.75) is 17.9 Å². The number of sulfonamides is 1. The van der Waals surface area contributed by atoms with E-state index >= 15 is 0 Å². The summed E-state index contributed by atoms with van der Waals surface area (Å²) in [4.78, 5) is 12.2. The molecule has 0 spiro atoms. The van der Waals surface area contributed by atoms with Crippen molar-refractivity contribution >= 4 is 27.5 Å². The van der Waals surface area contributed by atoms with E-state index in [1.165, 1.54) is 23.5 Å². The second kappa shape index (κ2) is 9.85. The third-order valence-corrected chi connectivity index (χ3v) is 6.02. The van der Waals surface area contributed by atoms with Gasteiger partial charge in [0, 0.05) is 44.4 Å². The van der Waals surface area contributed by atoms with Gasteiger partial charge in [0.15, 0.2) is 0 Å². The minimum Gasteiger partial charge on any atom is -0.385 e. The van der Waals surface area contributed by atoms with Crippen LogP contribution in [-0.4, -0.2) is 45.9 Å². The largest absolute Gasteiger partial charge is 0.385 e. The monoisotopic (exact) mass is 410 g/mol. The minimum atomic E-state index is -3.61. The van der Waals surface area contributed by atoms with Crippen LogP contribution in [0.2, 0.25) is 5.02 Å². The fraction of sp³-hybridized carbons (Fsp3) is 0.316. The molecular weight excluding hydrogens is 388 g/mol. The summed E-state index contributed by atoms with van der Waals surface area (Å²) in [6.45, 7) is 1.32. The van der Waals surface area contributed by atoms with Crippen LogP contribution >= 0.6 is 11.6 Å². The topological polar surface area (TPSA) is 75.7 Å². The molecule has 8 heteroatoms. The summed E-state index contributed by atoms with van der Waals surface area (Å²) in [6, 6.07) is 12.9. The number of methoxy groups -OCH3 is 1. The Labute approximate surface area is 165 Å². The average Bonchev–Trinajstić information content (AvgIpc) is 2.66. The Bertz CT molecular complexity index is 852. The van der Waals surface area contributed by atoms with Crippen LogP contribution in [-0.2, 0) is 21.3 Å². The minimum absolute atomic E-state index is 0.167. The molecule has 27 heavy (non-hydrogen) atoms. The van der Waals surface area contributed by atoms with Gasteiger partial charge in [-0.3, -0.25) is 4.79 Å². The van der Waals surface area contributed by atoms with Gasteiger partial charge in [-0.2, -0.15) is 4.31 Å². The van der Waals surface area contributed by atoms with Crippen molar-refractivity contribution in [3.05, 3.63) is 64.7 Å². The first-order chi connectivity index (χ1) is 12.8. The third kappa shape index (κ3) is 6.04. The molecule has 146 valence electrons. The fourth-order valence-electron chi connectivity index (χ4n) is 2.41. The summed E-state index contributed by atoms with van der Waals surface area (Å²) in [5.41, 5.74) is 1.31. The molecule has 0 bridgehead atoms. The van der Waals surface area contributed by atoms with Gasteiger partial charge in [0.2, 0.25) is 10.0 Å². The van der Waals surface area contributed by atoms with Gasteiger partial charge in [0.25, 0.3) is 5.91 Å². The lowest BCUT2D eigenvalue weighted by molar-refractivity contribution is 0.0948. The maximum atomic E-state index is 12.6. The average molecular weight is 411 g/mol. The number of rotatable bonds is 9. The van der Waals surface area contributed by atoms with Gasteiger partial charge in [-0.05, 0) is 48.4 Å². The molecule has 0 aliphatic carbocycles. The van der Waals surface area contributed by atoms with Crippen molar-refractivity contribution in [2.24, 2.45) is 0 Å². The summed E-state index contributed by atoms with van der Waals surface area (Å²) in [5, 5.41) is 3.29. The SMILES string of the molecule is COCCCNC(=O)c1ccc(CN(C)S(=O)(=O)c2ccc(Cl)cc2)cc1. The molecule has 1 N–H and O–H groups in total. The summed E-state index contributed by atoms with van der Waals surface area (Å²) >= 11 is 5.81. The van der Waals surface area contributed by atoms with Gasteiger partial charge in [0.1, 0.15) is 0 Å². The Morgan fingerprint density at radius 1 is 1.11 bits per heavy atom. The molecule has 0 atom stereocenters. The van der Waals surface area contributed by atoms with E-state index in [2.05, 4.69) is 5.32 Å². The fourth-order valence-corrected chi connectivity index (χ4v) is 3.70. The molecule has 2 rings (SSSR count). The number of nitrogens with one attached hydrogen (secondary N) is 1. The standard InChI is InChI=1S/C19H23ClN2O4S/c1-22(27(24,25)18-10-8-17(20)9-11-18)14-15-4-6-16(7-5-15)19(23)21-12-3-13-26-2/h4-11H,3,12-14H2,1-2H3,(H,21,23). The molecule has 6 nitrogen and oxygen atoms in total. The first-order valence-corrected chi connectivity index (χ1v) is 10.2. The Hall–Kier alpha value is -1.93. The Kier molecular flexibility index (Phi) is 7.79. The van der Waals surface area contributed by atoms with E-state index in [1.807, 2.05) is 0 Å². The highest BCUT2D eigenvalue weighted by molar-refractivity contribution is 7.89. The summed E-state index contributed by atoms with van der Waals surface area (Å²) in [5.74, 6) is -0.167. The number of benzene rings is 2. The number of carbonyl (C=O) groups excluding carboxylic acids is 1. The van der Waals surface area contributed by atoms with Crippen molar-refractivity contribution in [2.75, 3.05) is 27.3 Å². The van der Waals surface area contributed by atoms with Crippen LogP contribution in [0.15, 0.2) is 53.4 Å². The van der Waals surface area contributed by atoms with Gasteiger partial charge in [-0.1, -0.05) is 23.7 Å². The van der Waals surface area contributed by atoms with Crippen molar-refractivity contribution in [3.8, 4) is 0 Å². The van der Waals surface area contributed by atoms with E-state index in [0.717, 1.165) is 12.0 Å². The Balaban J connectivity index is 1.99. The smallest absolute Gasteiger partial charge is 0.251 e. The highest BCUT2D eigenvalue weighted by Gasteiger charge is 2.20. The second-order valence-electron chi connectivity index (χ2n) is 6.01. The zero-order valence-corrected chi connectivity index (χ0v) is 16.9. The molecule has 0 aliphatic rings. The highest BCUT2D eigenvalue weighted by atomic mass is 35.5. The normalized spacial score (nSPS) is 11.6. The quantitative estimate of drug-likeness (QED) is 0.645. The van der Waals surface area contributed by atoms with Crippen LogP contribution in [0.3, 0.4) is 0 Å². The lowest BCUT2D eigenvalue weighted by Crippen LogP contribution is -2.27. The van der Waals surface area contributed by atoms with Gasteiger partial charge in [-0.25, -0.2) is 8.42 Å². The summed E-state index contributed by atoms with van der Waals surface area (Å²) in [7, 11) is -0.484. The number of hydrogen-bond donors (Lipinski definition) is 1. The molecule has 0 saturated carbocycles. The van der Waals surface area contributed by atoms with Crippen LogP contribution in [0.25, 0.3) is 0 Å². The van der Waals surface area contributed by atoms with Crippen molar-refractivity contribution in [1.82, 2.24) is 9.62 Å². The predicted molar refractivity (Wildman–Crippen MR) is 105 cm³/mol. The zero-order chi connectivity index (χ0) is 19.9. The molecular formula is C19H23ClN2O4S. The van der Waals surface area contributed by atoms with E-state index in [1.54, 1.807) is 43.5 Å². The number of hydrogen-bond acceptors (Lipinski definition) is 4. The lowest BCUT2D eigenvalue weighted by atomic mass is 10.1. The Morgan fingerprint density at radius 3 is 2.33 bits per heavy atom. The molecule has 2 aromatic carbocycles. The van der Waals surface area contributed by atoms with Crippen molar-refractivity contribution in [1.29, 1.82) is 0 Å². The number of nitrogens with zero attached hydrogens (tertiary/aromatic N) is 1. The molecule has 1 amide bonds. The highest BCUT2D eigenvalue weighted by Crippen LogP contribution is 2.19. The third-order valence-electron chi connectivity index (χ3n) is 3.95. The van der Waals surface area contributed by atoms with E-state index in [0.29, 0.717) is 23.7 Å². The van der Waals surface area contributed by atoms with Gasteiger partial charge in [-0.15, -0.1) is 0 Å². The number of carbonyl (C=O) groups is 1. The number of amides is 1. The lowest BCUT2D eigenvalue weighted by Gasteiger charge is -2.17. The van der Waals surface area contributed by atoms with Crippen LogP contribution < -0.4 is 5.32 Å². The molecule has 0 radical (unpaired) electrons. The second-order valence-corrected chi connectivity index (χ2v) is 8.50. The number of ether oxygens (including phenoxy) is 1. The Morgan fingerprint density at radius 2 is 1.74 bits per heavy atom. The van der Waals surface area contributed by atoms with Crippen LogP contribution in [0.1, 0.15) is 22.3 Å². The van der Waals surface area contributed by atoms with E-state index < -0.39 is 10.0 Å². The molecule has 0 fully saturated rings. The van der Waals surface area contributed by atoms with Crippen molar-refractivity contribution in [3.63, 3.8) is 0 Å². The molecule has 2 aromatic rings. The molecule has 0 saturated heterocycles. The van der Waals surface area contributed by atoms with Crippen LogP contribution in [0, 0.1) is 0 Å². The first kappa shape index (κ1) is 21.4. The molecule has 0 unspecified atom stereocenters. The summed E-state index contributed by atoms with van der Waals surface area (Å²) < 4.78 is 31.4. The van der Waals surface area contributed by atoms with Gasteiger partial charge < -0.3 is 10.1 Å². The van der Waals surface area contributed by atoms with Crippen molar-refractivity contribution < 1.29 is 17.9 Å². The summed E-state index contributed by atoms with van der Waals surface area (Å²) in [6.07, 6.45) is 0.744. The van der Waals surface area contributed by atoms with E-state index in [-0.39, 0.29) is 17.3 Å².